The van der Waals surface area contributed by atoms with E-state index < -0.39 is 6.09 Å². The number of hydrogen-bond acceptors (Lipinski definition) is 4. The standard InChI is InChI=1S/C15H11BrN4O2/c16-9-3-4-11-12(5-9)18-13(6-17-11)10-7-20(15(21)22)19-14(10)8-1-2-8/h3-8H,1-2H2,(H,21,22). The molecule has 1 N–H and O–H groups in total. The first-order valence-electron chi connectivity index (χ1n) is 6.87. The van der Waals surface area contributed by atoms with Gasteiger partial charge in [0.05, 0.1) is 28.6 Å². The average Bonchev–Trinajstić information content (AvgIpc) is 3.24. The Balaban J connectivity index is 1.88. The fraction of sp³-hybridized carbons (Fsp3) is 0.200. The van der Waals surface area contributed by atoms with E-state index in [1.54, 1.807) is 6.20 Å². The molecule has 2 heterocycles. The van der Waals surface area contributed by atoms with Gasteiger partial charge in [-0.25, -0.2) is 9.78 Å². The Morgan fingerprint density at radius 1 is 1.32 bits per heavy atom. The number of carboxylic acid groups (broad SMARTS) is 1. The van der Waals surface area contributed by atoms with Gasteiger partial charge in [-0.3, -0.25) is 4.98 Å². The van der Waals surface area contributed by atoms with Crippen molar-refractivity contribution in [1.82, 2.24) is 19.7 Å². The largest absolute Gasteiger partial charge is 0.463 e. The zero-order valence-corrected chi connectivity index (χ0v) is 13.0. The minimum atomic E-state index is -1.09. The van der Waals surface area contributed by atoms with Gasteiger partial charge in [0.25, 0.3) is 0 Å². The van der Waals surface area contributed by atoms with E-state index in [4.69, 9.17) is 5.11 Å². The first-order valence-corrected chi connectivity index (χ1v) is 7.66. The van der Waals surface area contributed by atoms with Crippen molar-refractivity contribution in [3.63, 3.8) is 0 Å². The molecule has 0 amide bonds. The van der Waals surface area contributed by atoms with Crippen molar-refractivity contribution < 1.29 is 9.90 Å². The summed E-state index contributed by atoms with van der Waals surface area (Å²) in [5.74, 6) is 0.329. The Labute approximate surface area is 133 Å². The molecular weight excluding hydrogens is 348 g/mol. The van der Waals surface area contributed by atoms with E-state index in [9.17, 15) is 4.79 Å². The Morgan fingerprint density at radius 2 is 2.14 bits per heavy atom. The number of aromatic nitrogens is 4. The molecule has 3 aromatic rings. The van der Waals surface area contributed by atoms with Crippen molar-refractivity contribution in [2.45, 2.75) is 18.8 Å². The third-order valence-corrected chi connectivity index (χ3v) is 4.18. The number of hydrogen-bond donors (Lipinski definition) is 1. The van der Waals surface area contributed by atoms with Gasteiger partial charge in [-0.1, -0.05) is 15.9 Å². The van der Waals surface area contributed by atoms with Crippen LogP contribution in [0.25, 0.3) is 22.3 Å². The number of carbonyl (C=O) groups is 1. The van der Waals surface area contributed by atoms with Crippen LogP contribution in [0, 0.1) is 0 Å². The maximum atomic E-state index is 11.2. The summed E-state index contributed by atoms with van der Waals surface area (Å²) in [5, 5.41) is 13.3. The SMILES string of the molecule is O=C(O)n1cc(-c2cnc3ccc(Br)cc3n2)c(C2CC2)n1. The molecule has 7 heteroatoms. The van der Waals surface area contributed by atoms with Gasteiger partial charge in [0.1, 0.15) is 0 Å². The maximum absolute atomic E-state index is 11.2. The minimum absolute atomic E-state index is 0.329. The second kappa shape index (κ2) is 4.88. The number of benzene rings is 1. The van der Waals surface area contributed by atoms with Crippen LogP contribution in [0.4, 0.5) is 4.79 Å². The minimum Gasteiger partial charge on any atom is -0.463 e. The maximum Gasteiger partial charge on any atom is 0.432 e. The number of nitrogens with zero attached hydrogens (tertiary/aromatic N) is 4. The lowest BCUT2D eigenvalue weighted by molar-refractivity contribution is 0.192. The normalized spacial score (nSPS) is 14.4. The van der Waals surface area contributed by atoms with Crippen LogP contribution in [-0.2, 0) is 0 Å². The summed E-state index contributed by atoms with van der Waals surface area (Å²) in [4.78, 5) is 20.2. The lowest BCUT2D eigenvalue weighted by Gasteiger charge is -2.02. The van der Waals surface area contributed by atoms with Crippen molar-refractivity contribution in [1.29, 1.82) is 0 Å². The Morgan fingerprint density at radius 3 is 2.86 bits per heavy atom. The van der Waals surface area contributed by atoms with Gasteiger partial charge in [0.2, 0.25) is 0 Å². The van der Waals surface area contributed by atoms with Crippen LogP contribution in [0.1, 0.15) is 24.5 Å². The fourth-order valence-electron chi connectivity index (χ4n) is 2.46. The molecule has 1 aliphatic rings. The van der Waals surface area contributed by atoms with E-state index in [1.165, 1.54) is 6.20 Å². The summed E-state index contributed by atoms with van der Waals surface area (Å²) in [6.45, 7) is 0. The molecule has 1 fully saturated rings. The molecule has 1 aromatic carbocycles. The molecule has 6 nitrogen and oxygen atoms in total. The molecular formula is C15H11BrN4O2. The summed E-state index contributed by atoms with van der Waals surface area (Å²) < 4.78 is 1.88. The molecule has 0 spiro atoms. The van der Waals surface area contributed by atoms with E-state index in [0.717, 1.165) is 44.3 Å². The first kappa shape index (κ1) is 13.4. The summed E-state index contributed by atoms with van der Waals surface area (Å²) in [6.07, 6.45) is 4.17. The summed E-state index contributed by atoms with van der Waals surface area (Å²) in [7, 11) is 0. The molecule has 1 aliphatic carbocycles. The van der Waals surface area contributed by atoms with E-state index in [2.05, 4.69) is 31.0 Å². The predicted molar refractivity (Wildman–Crippen MR) is 83.9 cm³/mol. The highest BCUT2D eigenvalue weighted by Crippen LogP contribution is 2.43. The molecule has 2 aromatic heterocycles. The molecule has 1 saturated carbocycles. The number of halogens is 1. The van der Waals surface area contributed by atoms with Gasteiger partial charge >= 0.3 is 6.09 Å². The van der Waals surface area contributed by atoms with E-state index >= 15 is 0 Å². The highest BCUT2D eigenvalue weighted by Gasteiger charge is 2.31. The van der Waals surface area contributed by atoms with Crippen molar-refractivity contribution in [2.24, 2.45) is 0 Å². The Bertz CT molecular complexity index is 902. The van der Waals surface area contributed by atoms with E-state index in [1.807, 2.05) is 18.2 Å². The van der Waals surface area contributed by atoms with Crippen LogP contribution in [0.15, 0.2) is 35.1 Å². The van der Waals surface area contributed by atoms with Gasteiger partial charge in [0, 0.05) is 22.2 Å². The van der Waals surface area contributed by atoms with Crippen molar-refractivity contribution in [3.05, 3.63) is 40.8 Å². The van der Waals surface area contributed by atoms with Crippen LogP contribution in [0.2, 0.25) is 0 Å². The molecule has 0 saturated heterocycles. The van der Waals surface area contributed by atoms with Gasteiger partial charge in [-0.15, -0.1) is 0 Å². The first-order chi connectivity index (χ1) is 10.6. The quantitative estimate of drug-likeness (QED) is 0.755. The molecule has 22 heavy (non-hydrogen) atoms. The highest BCUT2D eigenvalue weighted by molar-refractivity contribution is 9.10. The number of rotatable bonds is 2. The van der Waals surface area contributed by atoms with Crippen molar-refractivity contribution in [2.75, 3.05) is 0 Å². The van der Waals surface area contributed by atoms with Crippen molar-refractivity contribution in [3.8, 4) is 11.3 Å². The van der Waals surface area contributed by atoms with Crippen molar-refractivity contribution >= 4 is 33.1 Å². The third kappa shape index (κ3) is 2.27. The van der Waals surface area contributed by atoms with E-state index in [0.29, 0.717) is 11.6 Å². The lowest BCUT2D eigenvalue weighted by Crippen LogP contribution is -2.08. The zero-order valence-electron chi connectivity index (χ0n) is 11.4. The summed E-state index contributed by atoms with van der Waals surface area (Å²) in [5.41, 5.74) is 3.76. The van der Waals surface area contributed by atoms with Gasteiger partial charge < -0.3 is 5.11 Å². The van der Waals surface area contributed by atoms with Gasteiger partial charge in [-0.2, -0.15) is 9.78 Å². The van der Waals surface area contributed by atoms with Crippen LogP contribution < -0.4 is 0 Å². The molecule has 0 aliphatic heterocycles. The summed E-state index contributed by atoms with van der Waals surface area (Å²) in [6, 6.07) is 5.69. The smallest absolute Gasteiger partial charge is 0.432 e. The van der Waals surface area contributed by atoms with Crippen LogP contribution in [0.5, 0.6) is 0 Å². The average molecular weight is 359 g/mol. The Hall–Kier alpha value is -2.28. The fourth-order valence-corrected chi connectivity index (χ4v) is 2.80. The molecule has 0 bridgehead atoms. The summed E-state index contributed by atoms with van der Waals surface area (Å²) >= 11 is 3.42. The molecule has 0 radical (unpaired) electrons. The van der Waals surface area contributed by atoms with E-state index in [-0.39, 0.29) is 0 Å². The molecule has 4 rings (SSSR count). The molecule has 110 valence electrons. The Kier molecular flexibility index (Phi) is 2.97. The van der Waals surface area contributed by atoms with Crippen LogP contribution in [-0.4, -0.2) is 30.9 Å². The topological polar surface area (TPSA) is 80.9 Å². The number of fused-ring (bicyclic) bond motifs is 1. The zero-order chi connectivity index (χ0) is 15.3. The second-order valence-corrected chi connectivity index (χ2v) is 6.23. The van der Waals surface area contributed by atoms with Crippen LogP contribution >= 0.6 is 15.9 Å². The second-order valence-electron chi connectivity index (χ2n) is 5.32. The predicted octanol–water partition coefficient (Wildman–Crippen LogP) is 3.66. The van der Waals surface area contributed by atoms with Crippen LogP contribution in [0.3, 0.4) is 0 Å². The van der Waals surface area contributed by atoms with Gasteiger partial charge in [0.15, 0.2) is 0 Å². The monoisotopic (exact) mass is 358 g/mol. The molecule has 0 unspecified atom stereocenters. The molecule has 0 atom stereocenters. The van der Waals surface area contributed by atoms with Gasteiger partial charge in [-0.05, 0) is 31.0 Å². The third-order valence-electron chi connectivity index (χ3n) is 3.68. The lowest BCUT2D eigenvalue weighted by atomic mass is 10.1. The highest BCUT2D eigenvalue weighted by atomic mass is 79.9.